The Morgan fingerprint density at radius 2 is 2.13 bits per heavy atom. The molecule has 15 heavy (non-hydrogen) atoms. The summed E-state index contributed by atoms with van der Waals surface area (Å²) >= 11 is 1.63. The topological polar surface area (TPSA) is 36.4 Å². The van der Waals surface area contributed by atoms with Crippen LogP contribution in [0.3, 0.4) is 0 Å². The maximum atomic E-state index is 9.12. The van der Waals surface area contributed by atoms with Gasteiger partial charge >= 0.3 is 0 Å². The zero-order valence-corrected chi connectivity index (χ0v) is 10.2. The standard InChI is InChI=1S/C11H18N2OS/c1-8-3-5-13(6-4-8)11-12-9(2)10(7-14)15-11/h8,14H,3-7H2,1-2H3. The van der Waals surface area contributed by atoms with Gasteiger partial charge in [0.25, 0.3) is 0 Å². The smallest absolute Gasteiger partial charge is 0.185 e. The minimum Gasteiger partial charge on any atom is -0.391 e. The van der Waals surface area contributed by atoms with Crippen LogP contribution in [0, 0.1) is 12.8 Å². The second-order valence-corrected chi connectivity index (χ2v) is 5.39. The molecule has 1 fully saturated rings. The lowest BCUT2D eigenvalue weighted by Crippen LogP contribution is -2.32. The molecule has 3 nitrogen and oxygen atoms in total. The van der Waals surface area contributed by atoms with E-state index in [0.29, 0.717) is 0 Å². The third-order valence-corrected chi connectivity index (χ3v) is 4.28. The lowest BCUT2D eigenvalue weighted by atomic mass is 10.00. The molecule has 1 N–H and O–H groups in total. The molecular weight excluding hydrogens is 208 g/mol. The monoisotopic (exact) mass is 226 g/mol. The number of anilines is 1. The Bertz CT molecular complexity index is 329. The van der Waals surface area contributed by atoms with Crippen LogP contribution in [0.25, 0.3) is 0 Å². The van der Waals surface area contributed by atoms with Crippen molar-refractivity contribution in [1.29, 1.82) is 0 Å². The number of thiazole rings is 1. The Hall–Kier alpha value is -0.610. The number of nitrogens with zero attached hydrogens (tertiary/aromatic N) is 2. The van der Waals surface area contributed by atoms with Crippen LogP contribution in [-0.2, 0) is 6.61 Å². The summed E-state index contributed by atoms with van der Waals surface area (Å²) in [7, 11) is 0. The summed E-state index contributed by atoms with van der Waals surface area (Å²) in [6, 6.07) is 0. The molecule has 0 aliphatic carbocycles. The van der Waals surface area contributed by atoms with Gasteiger partial charge in [-0.1, -0.05) is 18.3 Å². The molecule has 1 aliphatic rings. The molecule has 2 heterocycles. The molecule has 0 amide bonds. The van der Waals surface area contributed by atoms with Crippen molar-refractivity contribution in [3.05, 3.63) is 10.6 Å². The molecule has 0 spiro atoms. The Balaban J connectivity index is 2.09. The van der Waals surface area contributed by atoms with Crippen molar-refractivity contribution in [2.24, 2.45) is 5.92 Å². The average Bonchev–Trinajstić information content (AvgIpc) is 2.61. The van der Waals surface area contributed by atoms with E-state index in [0.717, 1.165) is 34.7 Å². The van der Waals surface area contributed by atoms with Gasteiger partial charge in [-0.25, -0.2) is 4.98 Å². The first-order chi connectivity index (χ1) is 7.20. The zero-order valence-electron chi connectivity index (χ0n) is 9.36. The van der Waals surface area contributed by atoms with Gasteiger partial charge < -0.3 is 10.0 Å². The predicted octanol–water partition coefficient (Wildman–Crippen LogP) is 2.18. The molecule has 0 aromatic carbocycles. The van der Waals surface area contributed by atoms with E-state index in [4.69, 9.17) is 5.11 Å². The van der Waals surface area contributed by atoms with E-state index in [1.54, 1.807) is 11.3 Å². The highest BCUT2D eigenvalue weighted by atomic mass is 32.1. The molecule has 0 saturated carbocycles. The van der Waals surface area contributed by atoms with Crippen LogP contribution in [0.4, 0.5) is 5.13 Å². The number of hydrogen-bond donors (Lipinski definition) is 1. The van der Waals surface area contributed by atoms with Gasteiger partial charge in [0, 0.05) is 13.1 Å². The van der Waals surface area contributed by atoms with Crippen molar-refractivity contribution in [2.75, 3.05) is 18.0 Å². The minimum atomic E-state index is 0.119. The molecule has 0 bridgehead atoms. The largest absolute Gasteiger partial charge is 0.391 e. The normalized spacial score (nSPS) is 18.5. The molecule has 1 saturated heterocycles. The van der Waals surface area contributed by atoms with Gasteiger partial charge in [-0.3, -0.25) is 0 Å². The summed E-state index contributed by atoms with van der Waals surface area (Å²) in [5, 5.41) is 10.2. The second kappa shape index (κ2) is 4.49. The first-order valence-electron chi connectivity index (χ1n) is 5.53. The Morgan fingerprint density at radius 3 is 2.67 bits per heavy atom. The van der Waals surface area contributed by atoms with Crippen molar-refractivity contribution < 1.29 is 5.11 Å². The minimum absolute atomic E-state index is 0.119. The maximum absolute atomic E-state index is 9.12. The number of aromatic nitrogens is 1. The van der Waals surface area contributed by atoms with Crippen LogP contribution >= 0.6 is 11.3 Å². The number of rotatable bonds is 2. The van der Waals surface area contributed by atoms with E-state index in [1.165, 1.54) is 12.8 Å². The van der Waals surface area contributed by atoms with Crippen molar-refractivity contribution in [2.45, 2.75) is 33.3 Å². The van der Waals surface area contributed by atoms with Crippen LogP contribution < -0.4 is 4.90 Å². The fraction of sp³-hybridized carbons (Fsp3) is 0.727. The molecule has 84 valence electrons. The average molecular weight is 226 g/mol. The van der Waals surface area contributed by atoms with E-state index in [2.05, 4.69) is 16.8 Å². The summed E-state index contributed by atoms with van der Waals surface area (Å²) in [6.07, 6.45) is 2.51. The van der Waals surface area contributed by atoms with E-state index >= 15 is 0 Å². The number of hydrogen-bond acceptors (Lipinski definition) is 4. The Kier molecular flexibility index (Phi) is 3.26. The van der Waals surface area contributed by atoms with Crippen molar-refractivity contribution in [3.63, 3.8) is 0 Å². The second-order valence-electron chi connectivity index (χ2n) is 4.33. The van der Waals surface area contributed by atoms with Crippen molar-refractivity contribution in [1.82, 2.24) is 4.98 Å². The first kappa shape index (κ1) is 10.9. The maximum Gasteiger partial charge on any atom is 0.185 e. The number of aliphatic hydroxyl groups excluding tert-OH is 1. The van der Waals surface area contributed by atoms with E-state index in [-0.39, 0.29) is 6.61 Å². The van der Waals surface area contributed by atoms with Gasteiger partial charge in [-0.2, -0.15) is 0 Å². The molecule has 1 aliphatic heterocycles. The van der Waals surface area contributed by atoms with Crippen LogP contribution in [0.5, 0.6) is 0 Å². The van der Waals surface area contributed by atoms with Crippen LogP contribution in [0.15, 0.2) is 0 Å². The third kappa shape index (κ3) is 2.32. The summed E-state index contributed by atoms with van der Waals surface area (Å²) < 4.78 is 0. The van der Waals surface area contributed by atoms with Crippen LogP contribution in [0.1, 0.15) is 30.3 Å². The highest BCUT2D eigenvalue weighted by Gasteiger charge is 2.19. The summed E-state index contributed by atoms with van der Waals surface area (Å²) in [4.78, 5) is 7.86. The van der Waals surface area contributed by atoms with E-state index in [1.807, 2.05) is 6.92 Å². The predicted molar refractivity (Wildman–Crippen MR) is 63.4 cm³/mol. The number of piperidine rings is 1. The van der Waals surface area contributed by atoms with Gasteiger partial charge in [0.2, 0.25) is 0 Å². The summed E-state index contributed by atoms with van der Waals surface area (Å²) in [5.41, 5.74) is 0.983. The first-order valence-corrected chi connectivity index (χ1v) is 6.34. The highest BCUT2D eigenvalue weighted by molar-refractivity contribution is 7.15. The molecule has 1 aromatic heterocycles. The lowest BCUT2D eigenvalue weighted by Gasteiger charge is -2.29. The fourth-order valence-electron chi connectivity index (χ4n) is 1.89. The van der Waals surface area contributed by atoms with Crippen molar-refractivity contribution in [3.8, 4) is 0 Å². The SMILES string of the molecule is Cc1nc(N2CCC(C)CC2)sc1CO. The fourth-order valence-corrected chi connectivity index (χ4v) is 2.87. The van der Waals surface area contributed by atoms with Gasteiger partial charge in [0.1, 0.15) is 0 Å². The quantitative estimate of drug-likeness (QED) is 0.839. The zero-order chi connectivity index (χ0) is 10.8. The van der Waals surface area contributed by atoms with E-state index < -0.39 is 0 Å². The lowest BCUT2D eigenvalue weighted by molar-refractivity contribution is 0.284. The van der Waals surface area contributed by atoms with Gasteiger partial charge in [-0.15, -0.1) is 0 Å². The van der Waals surface area contributed by atoms with Gasteiger partial charge in [0.15, 0.2) is 5.13 Å². The Morgan fingerprint density at radius 1 is 1.47 bits per heavy atom. The summed E-state index contributed by atoms with van der Waals surface area (Å²) in [6.45, 7) is 6.62. The highest BCUT2D eigenvalue weighted by Crippen LogP contribution is 2.29. The van der Waals surface area contributed by atoms with Gasteiger partial charge in [0.05, 0.1) is 17.2 Å². The molecule has 4 heteroatoms. The molecule has 0 radical (unpaired) electrons. The molecule has 0 atom stereocenters. The number of aliphatic hydroxyl groups is 1. The molecule has 1 aromatic rings. The van der Waals surface area contributed by atoms with Gasteiger partial charge in [-0.05, 0) is 25.7 Å². The number of aryl methyl sites for hydroxylation is 1. The Labute approximate surface area is 94.8 Å². The summed E-state index contributed by atoms with van der Waals surface area (Å²) in [5.74, 6) is 0.847. The van der Waals surface area contributed by atoms with Crippen LogP contribution in [-0.4, -0.2) is 23.2 Å². The third-order valence-electron chi connectivity index (χ3n) is 3.08. The van der Waals surface area contributed by atoms with E-state index in [9.17, 15) is 0 Å². The van der Waals surface area contributed by atoms with Crippen molar-refractivity contribution >= 4 is 16.5 Å². The van der Waals surface area contributed by atoms with Crippen LogP contribution in [0.2, 0.25) is 0 Å². The molecule has 0 unspecified atom stereocenters. The molecule has 2 rings (SSSR count). The molecular formula is C11H18N2OS.